The molecule has 1 aromatic heterocycles. The van der Waals surface area contributed by atoms with E-state index in [0.717, 1.165) is 38.8 Å². The van der Waals surface area contributed by atoms with Crippen LogP contribution in [-0.2, 0) is 11.3 Å². The molecular weight excluding hydrogens is 356 g/mol. The van der Waals surface area contributed by atoms with Gasteiger partial charge < -0.3 is 14.9 Å². The van der Waals surface area contributed by atoms with Gasteiger partial charge in [0.05, 0.1) is 12.4 Å². The summed E-state index contributed by atoms with van der Waals surface area (Å²) in [5, 5.41) is 8.93. The summed E-state index contributed by atoms with van der Waals surface area (Å²) < 4.78 is 0. The first-order valence-corrected chi connectivity index (χ1v) is 9.76. The molecule has 2 heterocycles. The van der Waals surface area contributed by atoms with Crippen molar-refractivity contribution in [2.45, 2.75) is 38.3 Å². The van der Waals surface area contributed by atoms with E-state index >= 15 is 0 Å². The van der Waals surface area contributed by atoms with E-state index in [1.165, 1.54) is 18.0 Å². The van der Waals surface area contributed by atoms with E-state index in [1.54, 1.807) is 0 Å². The number of hydrogen-bond acceptors (Lipinski definition) is 5. The maximum absolute atomic E-state index is 13.2. The molecule has 0 bridgehead atoms. The van der Waals surface area contributed by atoms with Crippen LogP contribution in [0.25, 0.3) is 0 Å². The Morgan fingerprint density at radius 1 is 1.04 bits per heavy atom. The average Bonchev–Trinajstić information content (AvgIpc) is 3.58. The van der Waals surface area contributed by atoms with Crippen molar-refractivity contribution >= 4 is 17.7 Å². The number of carbonyl (C=O) groups is 2. The van der Waals surface area contributed by atoms with E-state index in [9.17, 15) is 9.59 Å². The third kappa shape index (κ3) is 4.13. The predicted molar refractivity (Wildman–Crippen MR) is 104 cm³/mol. The molecule has 0 atom stereocenters. The van der Waals surface area contributed by atoms with Crippen molar-refractivity contribution in [2.75, 3.05) is 18.0 Å². The molecule has 4 rings (SSSR count). The Morgan fingerprint density at radius 2 is 1.75 bits per heavy atom. The van der Waals surface area contributed by atoms with Gasteiger partial charge in [0.15, 0.2) is 5.69 Å². The number of anilines is 1. The number of carboxylic acid groups (broad SMARTS) is 1. The lowest BCUT2D eigenvalue weighted by atomic mass is 9.95. The molecule has 146 valence electrons. The Labute approximate surface area is 164 Å². The first-order valence-electron chi connectivity index (χ1n) is 9.76. The normalized spacial score (nSPS) is 17.4. The van der Waals surface area contributed by atoms with Crippen LogP contribution in [0.15, 0.2) is 42.7 Å². The molecule has 7 nitrogen and oxygen atoms in total. The van der Waals surface area contributed by atoms with E-state index in [1.807, 2.05) is 18.2 Å². The summed E-state index contributed by atoms with van der Waals surface area (Å²) in [7, 11) is 0. The maximum Gasteiger partial charge on any atom is 0.356 e. The molecule has 1 saturated heterocycles. The van der Waals surface area contributed by atoms with Gasteiger partial charge in [0, 0.05) is 31.6 Å². The molecule has 1 N–H and O–H groups in total. The number of carboxylic acids is 1. The molecule has 2 aromatic rings. The zero-order valence-electron chi connectivity index (χ0n) is 15.7. The summed E-state index contributed by atoms with van der Waals surface area (Å²) >= 11 is 0. The number of benzene rings is 1. The number of amides is 1. The van der Waals surface area contributed by atoms with Gasteiger partial charge >= 0.3 is 5.97 Å². The third-order valence-corrected chi connectivity index (χ3v) is 5.49. The zero-order valence-corrected chi connectivity index (χ0v) is 15.7. The highest BCUT2D eigenvalue weighted by atomic mass is 16.4. The quantitative estimate of drug-likeness (QED) is 0.829. The molecule has 0 radical (unpaired) electrons. The average molecular weight is 380 g/mol. The molecule has 1 saturated carbocycles. The zero-order chi connectivity index (χ0) is 19.5. The van der Waals surface area contributed by atoms with Crippen molar-refractivity contribution in [2.24, 2.45) is 5.92 Å². The van der Waals surface area contributed by atoms with Gasteiger partial charge in [0.1, 0.15) is 5.82 Å². The van der Waals surface area contributed by atoms with Gasteiger partial charge in [-0.15, -0.1) is 0 Å². The van der Waals surface area contributed by atoms with E-state index in [2.05, 4.69) is 31.9 Å². The summed E-state index contributed by atoms with van der Waals surface area (Å²) in [5.41, 5.74) is 1.11. The van der Waals surface area contributed by atoms with Crippen LogP contribution < -0.4 is 4.90 Å². The third-order valence-electron chi connectivity index (χ3n) is 5.49. The number of aromatic carboxylic acids is 1. The van der Waals surface area contributed by atoms with Crippen molar-refractivity contribution in [3.05, 3.63) is 54.0 Å². The summed E-state index contributed by atoms with van der Waals surface area (Å²) in [6.45, 7) is 2.13. The van der Waals surface area contributed by atoms with E-state index in [4.69, 9.17) is 5.11 Å². The smallest absolute Gasteiger partial charge is 0.356 e. The Hall–Kier alpha value is -2.96. The van der Waals surface area contributed by atoms with Crippen molar-refractivity contribution < 1.29 is 14.7 Å². The van der Waals surface area contributed by atoms with Gasteiger partial charge in [0.25, 0.3) is 0 Å². The van der Waals surface area contributed by atoms with Crippen LogP contribution in [0.4, 0.5) is 5.82 Å². The van der Waals surface area contributed by atoms with Crippen molar-refractivity contribution in [1.82, 2.24) is 14.9 Å². The second kappa shape index (κ2) is 7.96. The summed E-state index contributed by atoms with van der Waals surface area (Å²) in [4.78, 5) is 36.3. The first kappa shape index (κ1) is 18.4. The fraction of sp³-hybridized carbons (Fsp3) is 0.429. The standard InChI is InChI=1S/C21H24N4O3/c26-20(25(17-6-7-17)14-15-4-2-1-3-5-15)16-8-10-24(11-9-16)19-13-22-18(12-23-19)21(27)28/h1-5,12-13,16-17H,6-11,14H2,(H,27,28). The number of carbonyl (C=O) groups excluding carboxylic acids is 1. The Kier molecular flexibility index (Phi) is 5.23. The van der Waals surface area contributed by atoms with Crippen molar-refractivity contribution in [1.29, 1.82) is 0 Å². The minimum Gasteiger partial charge on any atom is -0.476 e. The number of nitrogens with zero attached hydrogens (tertiary/aromatic N) is 4. The molecule has 7 heteroatoms. The minimum atomic E-state index is -1.08. The number of piperidine rings is 1. The highest BCUT2D eigenvalue weighted by Crippen LogP contribution is 2.32. The monoisotopic (exact) mass is 380 g/mol. The second-order valence-electron chi connectivity index (χ2n) is 7.51. The molecule has 1 aromatic carbocycles. The van der Waals surface area contributed by atoms with Gasteiger partial charge in [-0.1, -0.05) is 30.3 Å². The second-order valence-corrected chi connectivity index (χ2v) is 7.51. The van der Waals surface area contributed by atoms with Gasteiger partial charge in [-0.05, 0) is 31.2 Å². The molecule has 0 unspecified atom stereocenters. The molecule has 28 heavy (non-hydrogen) atoms. The van der Waals surface area contributed by atoms with Crippen LogP contribution in [0.5, 0.6) is 0 Å². The molecule has 0 spiro atoms. The van der Waals surface area contributed by atoms with Gasteiger partial charge in [0.2, 0.25) is 5.91 Å². The largest absolute Gasteiger partial charge is 0.476 e. The van der Waals surface area contributed by atoms with E-state index < -0.39 is 5.97 Å². The summed E-state index contributed by atoms with van der Waals surface area (Å²) in [5.74, 6) is -0.119. The van der Waals surface area contributed by atoms with Crippen LogP contribution >= 0.6 is 0 Å². The lowest BCUT2D eigenvalue weighted by Gasteiger charge is -2.35. The number of hydrogen-bond donors (Lipinski definition) is 1. The minimum absolute atomic E-state index is 0.0341. The molecule has 1 amide bonds. The predicted octanol–water partition coefficient (Wildman–Crippen LogP) is 2.58. The van der Waals surface area contributed by atoms with Crippen molar-refractivity contribution in [3.63, 3.8) is 0 Å². The van der Waals surface area contributed by atoms with E-state index in [0.29, 0.717) is 18.4 Å². The fourth-order valence-corrected chi connectivity index (χ4v) is 3.74. The van der Waals surface area contributed by atoms with Gasteiger partial charge in [-0.3, -0.25) is 4.79 Å². The highest BCUT2D eigenvalue weighted by Gasteiger charge is 2.37. The summed E-state index contributed by atoms with van der Waals surface area (Å²) in [6, 6.07) is 10.6. The van der Waals surface area contributed by atoms with Crippen LogP contribution in [0.1, 0.15) is 41.7 Å². The van der Waals surface area contributed by atoms with E-state index in [-0.39, 0.29) is 17.5 Å². The van der Waals surface area contributed by atoms with Gasteiger partial charge in [-0.25, -0.2) is 14.8 Å². The molecule has 1 aliphatic carbocycles. The molecular formula is C21H24N4O3. The van der Waals surface area contributed by atoms with Gasteiger partial charge in [-0.2, -0.15) is 0 Å². The number of rotatable bonds is 6. The lowest BCUT2D eigenvalue weighted by Crippen LogP contribution is -2.43. The van der Waals surface area contributed by atoms with Crippen LogP contribution in [-0.4, -0.2) is 51.0 Å². The molecule has 1 aliphatic heterocycles. The molecule has 2 fully saturated rings. The SMILES string of the molecule is O=C(O)c1cnc(N2CCC(C(=O)N(Cc3ccccc3)C3CC3)CC2)cn1. The maximum atomic E-state index is 13.2. The topological polar surface area (TPSA) is 86.6 Å². The van der Waals surface area contributed by atoms with Crippen LogP contribution in [0.2, 0.25) is 0 Å². The van der Waals surface area contributed by atoms with Crippen molar-refractivity contribution in [3.8, 4) is 0 Å². The number of aromatic nitrogens is 2. The lowest BCUT2D eigenvalue weighted by molar-refractivity contribution is -0.137. The highest BCUT2D eigenvalue weighted by molar-refractivity contribution is 5.85. The van der Waals surface area contributed by atoms with Crippen LogP contribution in [0, 0.1) is 5.92 Å². The molecule has 2 aliphatic rings. The Balaban J connectivity index is 1.36. The Bertz CT molecular complexity index is 828. The Morgan fingerprint density at radius 3 is 2.32 bits per heavy atom. The van der Waals surface area contributed by atoms with Crippen LogP contribution in [0.3, 0.4) is 0 Å². The first-order chi connectivity index (χ1) is 13.6. The summed E-state index contributed by atoms with van der Waals surface area (Å²) in [6.07, 6.45) is 6.53. The fourth-order valence-electron chi connectivity index (χ4n) is 3.74.